The van der Waals surface area contributed by atoms with Crippen molar-refractivity contribution in [2.75, 3.05) is 40.0 Å². The van der Waals surface area contributed by atoms with Crippen LogP contribution >= 0.6 is 15.1 Å². The van der Waals surface area contributed by atoms with Gasteiger partial charge in [-0.2, -0.15) is 0 Å². The first-order chi connectivity index (χ1) is 3.73. The highest BCUT2D eigenvalue weighted by atomic mass is 31.2. The number of rotatable bonds is 0. The third-order valence-electron chi connectivity index (χ3n) is 0. The van der Waals surface area contributed by atoms with Crippen LogP contribution in [0.25, 0.3) is 0 Å². The van der Waals surface area contributed by atoms with Gasteiger partial charge in [0.15, 0.2) is 0 Å². The Hall–Kier alpha value is 0.660. The molecule has 74 valence electrons. The van der Waals surface area contributed by atoms with Gasteiger partial charge in [-0.3, -0.25) is 0 Å². The Balaban J connectivity index is -0.0000000383. The average molecular weight is 200 g/mol. The van der Waals surface area contributed by atoms with Gasteiger partial charge in [0.1, 0.15) is 0 Å². The van der Waals surface area contributed by atoms with E-state index in [2.05, 4.69) is 20.0 Å². The van der Waals surface area contributed by atoms with Crippen LogP contribution < -0.4 is 0 Å². The molecular formula is C8H26OP2. The van der Waals surface area contributed by atoms with Crippen molar-refractivity contribution in [1.29, 1.82) is 0 Å². The fourth-order valence-electron chi connectivity index (χ4n) is 0. The van der Waals surface area contributed by atoms with Crippen LogP contribution in [0.5, 0.6) is 0 Å². The van der Waals surface area contributed by atoms with Crippen molar-refractivity contribution in [2.24, 2.45) is 0 Å². The Kier molecular flexibility index (Phi) is 21.9. The van der Waals surface area contributed by atoms with E-state index in [0.717, 1.165) is 0 Å². The molecule has 0 aromatic rings. The van der Waals surface area contributed by atoms with Crippen molar-refractivity contribution >= 4 is 15.1 Å². The van der Waals surface area contributed by atoms with Gasteiger partial charge in [-0.05, 0) is 40.0 Å². The lowest BCUT2D eigenvalue weighted by molar-refractivity contribution is 0.586. The Bertz CT molecular complexity index is 83.2. The van der Waals surface area contributed by atoms with Gasteiger partial charge < -0.3 is 4.57 Å². The third-order valence-corrected chi connectivity index (χ3v) is 0. The third kappa shape index (κ3) is 1840. The van der Waals surface area contributed by atoms with Crippen molar-refractivity contribution in [3.8, 4) is 0 Å². The van der Waals surface area contributed by atoms with Crippen LogP contribution in [0.2, 0.25) is 0 Å². The van der Waals surface area contributed by atoms with E-state index in [-0.39, 0.29) is 14.9 Å². The van der Waals surface area contributed by atoms with E-state index >= 15 is 0 Å². The first kappa shape index (κ1) is 22.6. The fourth-order valence-corrected chi connectivity index (χ4v) is 0. The molecule has 0 N–H and O–H groups in total. The quantitative estimate of drug-likeness (QED) is 0.542. The van der Waals surface area contributed by atoms with Gasteiger partial charge in [-0.1, -0.05) is 14.9 Å². The molecule has 0 unspecified atom stereocenters. The van der Waals surface area contributed by atoms with E-state index in [1.165, 1.54) is 0 Å². The van der Waals surface area contributed by atoms with Crippen LogP contribution in [-0.2, 0) is 4.57 Å². The summed E-state index contributed by atoms with van der Waals surface area (Å²) < 4.78 is 10.2. The maximum atomic E-state index is 10.2. The van der Waals surface area contributed by atoms with Gasteiger partial charge in [-0.15, -0.1) is 7.92 Å². The molecule has 3 heteroatoms. The second-order valence-corrected chi connectivity index (χ2v) is 9.69. The lowest BCUT2D eigenvalue weighted by Gasteiger charge is -1.86. The van der Waals surface area contributed by atoms with Gasteiger partial charge in [0.25, 0.3) is 0 Å². The van der Waals surface area contributed by atoms with Gasteiger partial charge in [0, 0.05) is 0 Å². The van der Waals surface area contributed by atoms with E-state index in [4.69, 9.17) is 0 Å². The number of hydrogen-bond acceptors (Lipinski definition) is 1. The molecule has 0 saturated carbocycles. The summed E-state index contributed by atoms with van der Waals surface area (Å²) in [5, 5.41) is 0. The van der Waals surface area contributed by atoms with Gasteiger partial charge in [0.2, 0.25) is 0 Å². The summed E-state index contributed by atoms with van der Waals surface area (Å²) in [5.74, 6) is 0. The Morgan fingerprint density at radius 1 is 0.909 bits per heavy atom. The second-order valence-electron chi connectivity index (χ2n) is 3.23. The first-order valence-corrected chi connectivity index (χ1v) is 8.60. The summed E-state index contributed by atoms with van der Waals surface area (Å²) in [5.41, 5.74) is 0. The Morgan fingerprint density at radius 3 is 0.909 bits per heavy atom. The van der Waals surface area contributed by atoms with Crippen LogP contribution in [0.1, 0.15) is 14.9 Å². The van der Waals surface area contributed by atoms with E-state index < -0.39 is 7.14 Å². The largest absolute Gasteiger partial charge is 0.324 e. The summed E-state index contributed by atoms with van der Waals surface area (Å²) >= 11 is 0. The molecular weight excluding hydrogens is 174 g/mol. The van der Waals surface area contributed by atoms with Crippen molar-refractivity contribution in [1.82, 2.24) is 0 Å². The monoisotopic (exact) mass is 200 g/mol. The molecule has 0 radical (unpaired) electrons. The highest BCUT2D eigenvalue weighted by molar-refractivity contribution is 7.61. The molecule has 0 heterocycles. The van der Waals surface area contributed by atoms with Crippen molar-refractivity contribution in [2.45, 2.75) is 14.9 Å². The predicted octanol–water partition coefficient (Wildman–Crippen LogP) is 3.87. The minimum Gasteiger partial charge on any atom is -0.324 e. The van der Waals surface area contributed by atoms with Crippen molar-refractivity contribution in [3.05, 3.63) is 0 Å². The van der Waals surface area contributed by atoms with Crippen LogP contribution in [0.15, 0.2) is 0 Å². The summed E-state index contributed by atoms with van der Waals surface area (Å²) in [6.45, 7) is 11.9. The molecule has 0 aliphatic carbocycles. The molecule has 0 aliphatic rings. The lowest BCUT2D eigenvalue weighted by Crippen LogP contribution is -1.61. The Labute approximate surface area is 75.1 Å². The molecule has 0 amide bonds. The molecule has 0 aromatic heterocycles. The maximum absolute atomic E-state index is 10.2. The molecule has 0 aromatic carbocycles. The standard InChI is InChI=1S/C3H9OP.C3H9P.2CH4/c1-5(2,3)4;1-4(2)3;;/h1-3H3;1-3H3;2*1H4. The Morgan fingerprint density at radius 2 is 0.909 bits per heavy atom. The van der Waals surface area contributed by atoms with Crippen molar-refractivity contribution < 1.29 is 4.57 Å². The van der Waals surface area contributed by atoms with Crippen LogP contribution in [-0.4, -0.2) is 40.0 Å². The number of hydrogen-bond donors (Lipinski definition) is 0. The molecule has 0 bridgehead atoms. The lowest BCUT2D eigenvalue weighted by atomic mass is 11.9. The SMILES string of the molecule is C.C.CP(C)(C)=O.CP(C)C. The highest BCUT2D eigenvalue weighted by Gasteiger charge is 1.89. The van der Waals surface area contributed by atoms with E-state index in [9.17, 15) is 4.57 Å². The molecule has 0 aliphatic heterocycles. The van der Waals surface area contributed by atoms with E-state index in [0.29, 0.717) is 7.92 Å². The highest BCUT2D eigenvalue weighted by Crippen LogP contribution is 2.28. The zero-order chi connectivity index (χ0) is 8.08. The predicted molar refractivity (Wildman–Crippen MR) is 63.5 cm³/mol. The summed E-state index contributed by atoms with van der Waals surface area (Å²) in [7, 11) is -1.26. The van der Waals surface area contributed by atoms with E-state index in [1.54, 1.807) is 20.0 Å². The summed E-state index contributed by atoms with van der Waals surface area (Å²) in [6.07, 6.45) is 0. The zero-order valence-electron chi connectivity index (χ0n) is 7.30. The molecule has 1 nitrogen and oxygen atoms in total. The van der Waals surface area contributed by atoms with Crippen LogP contribution in [0.3, 0.4) is 0 Å². The minimum absolute atomic E-state index is 0. The van der Waals surface area contributed by atoms with Crippen LogP contribution in [0, 0.1) is 0 Å². The maximum Gasteiger partial charge on any atom is 0.0790 e. The first-order valence-electron chi connectivity index (χ1n) is 2.87. The van der Waals surface area contributed by atoms with Gasteiger partial charge >= 0.3 is 0 Å². The van der Waals surface area contributed by atoms with Gasteiger partial charge in [0.05, 0.1) is 7.14 Å². The van der Waals surface area contributed by atoms with Gasteiger partial charge in [-0.25, -0.2) is 0 Å². The summed E-state index contributed by atoms with van der Waals surface area (Å²) in [6, 6.07) is 0. The second kappa shape index (κ2) is 10.7. The fraction of sp³-hybridized carbons (Fsp3) is 1.00. The van der Waals surface area contributed by atoms with E-state index in [1.807, 2.05) is 0 Å². The molecule has 0 rings (SSSR count). The minimum atomic E-state index is -1.64. The summed E-state index contributed by atoms with van der Waals surface area (Å²) in [4.78, 5) is 0. The smallest absolute Gasteiger partial charge is 0.0790 e. The van der Waals surface area contributed by atoms with Crippen molar-refractivity contribution in [3.63, 3.8) is 0 Å². The molecule has 0 saturated heterocycles. The molecule has 0 spiro atoms. The topological polar surface area (TPSA) is 17.1 Å². The average Bonchev–Trinajstić information content (AvgIpc) is 1.19. The zero-order valence-corrected chi connectivity index (χ0v) is 9.09. The molecule has 11 heavy (non-hydrogen) atoms. The molecule has 0 fully saturated rings. The molecule has 0 atom stereocenters. The van der Waals surface area contributed by atoms with Crippen LogP contribution in [0.4, 0.5) is 0 Å². The normalized spacial score (nSPS) is 8.64.